The molecule has 1 aliphatic heterocycles. The van der Waals surface area contributed by atoms with Gasteiger partial charge in [-0.15, -0.1) is 6.58 Å². The number of hydrogen-bond acceptors (Lipinski definition) is 4. The number of alkyl halides is 1. The Morgan fingerprint density at radius 1 is 1.06 bits per heavy atom. The highest BCUT2D eigenvalue weighted by Crippen LogP contribution is 2.75. The van der Waals surface area contributed by atoms with Crippen molar-refractivity contribution in [2.75, 3.05) is 33.0 Å². The SMILES string of the molecule is C=CC.CC.CCC1CN(CCNC23CCC[C@@H]2C2CCC4C5(C)CC=C(/C(=C/CCF)CCC(=O)O)C(C)C5CCC4(C)[C@]2(C)CC3)CO1. The minimum Gasteiger partial charge on any atom is -0.481 e. The van der Waals surface area contributed by atoms with E-state index in [0.29, 0.717) is 53.1 Å². The third-order valence-electron chi connectivity index (χ3n) is 15.4. The molecule has 0 bridgehead atoms. The van der Waals surface area contributed by atoms with Gasteiger partial charge in [0.15, 0.2) is 0 Å². The molecule has 8 unspecified atom stereocenters. The van der Waals surface area contributed by atoms with Crippen LogP contribution < -0.4 is 5.32 Å². The molecule has 1 heterocycles. The number of aliphatic carboxylic acids is 1. The first-order valence-electron chi connectivity index (χ1n) is 20.8. The molecule has 6 aliphatic rings. The molecule has 0 spiro atoms. The van der Waals surface area contributed by atoms with Crippen LogP contribution in [0.5, 0.6) is 0 Å². The highest BCUT2D eigenvalue weighted by atomic mass is 19.1. The molecule has 0 amide bonds. The van der Waals surface area contributed by atoms with E-state index >= 15 is 0 Å². The summed E-state index contributed by atoms with van der Waals surface area (Å²) in [6.45, 7) is 25.6. The molecule has 5 aliphatic carbocycles. The highest BCUT2D eigenvalue weighted by molar-refractivity contribution is 5.67. The van der Waals surface area contributed by atoms with Gasteiger partial charge < -0.3 is 15.2 Å². The second-order valence-corrected chi connectivity index (χ2v) is 17.4. The van der Waals surface area contributed by atoms with Crippen LogP contribution in [0.3, 0.4) is 0 Å². The maximum atomic E-state index is 13.2. The Kier molecular flexibility index (Phi) is 14.5. The fourth-order valence-electron chi connectivity index (χ4n) is 12.8. The van der Waals surface area contributed by atoms with Gasteiger partial charge >= 0.3 is 5.97 Å². The average molecular weight is 699 g/mol. The van der Waals surface area contributed by atoms with Crippen LogP contribution >= 0.6 is 0 Å². The maximum Gasteiger partial charge on any atom is 0.303 e. The van der Waals surface area contributed by atoms with Gasteiger partial charge in [0.1, 0.15) is 0 Å². The van der Waals surface area contributed by atoms with Gasteiger partial charge in [0.2, 0.25) is 0 Å². The number of fused-ring (bicyclic) bond motifs is 7. The number of rotatable bonds is 11. The van der Waals surface area contributed by atoms with E-state index in [4.69, 9.17) is 4.74 Å². The summed E-state index contributed by atoms with van der Waals surface area (Å²) in [7, 11) is 0. The Morgan fingerprint density at radius 3 is 2.46 bits per heavy atom. The van der Waals surface area contributed by atoms with Gasteiger partial charge in [-0.05, 0) is 141 Å². The third-order valence-corrected chi connectivity index (χ3v) is 15.4. The summed E-state index contributed by atoms with van der Waals surface area (Å²) in [5.41, 5.74) is 3.73. The molecule has 6 rings (SSSR count). The largest absolute Gasteiger partial charge is 0.481 e. The minimum absolute atomic E-state index is 0.119. The van der Waals surface area contributed by atoms with E-state index in [1.54, 1.807) is 6.08 Å². The van der Waals surface area contributed by atoms with Gasteiger partial charge in [0.25, 0.3) is 0 Å². The van der Waals surface area contributed by atoms with Gasteiger partial charge in [-0.25, -0.2) is 0 Å². The Labute approximate surface area is 306 Å². The van der Waals surface area contributed by atoms with Crippen LogP contribution in [0.25, 0.3) is 0 Å². The van der Waals surface area contributed by atoms with Crippen LogP contribution in [-0.2, 0) is 9.53 Å². The topological polar surface area (TPSA) is 61.8 Å². The molecule has 6 heteroatoms. The number of carboxylic acid groups (broad SMARTS) is 1. The van der Waals surface area contributed by atoms with E-state index in [1.165, 1.54) is 63.4 Å². The smallest absolute Gasteiger partial charge is 0.303 e. The van der Waals surface area contributed by atoms with Crippen LogP contribution in [0.1, 0.15) is 145 Å². The predicted molar refractivity (Wildman–Crippen MR) is 207 cm³/mol. The van der Waals surface area contributed by atoms with E-state index in [-0.39, 0.29) is 18.5 Å². The van der Waals surface area contributed by atoms with Gasteiger partial charge in [-0.3, -0.25) is 14.1 Å². The first-order chi connectivity index (χ1) is 23.9. The first kappa shape index (κ1) is 41.3. The van der Waals surface area contributed by atoms with Crippen molar-refractivity contribution >= 4 is 5.97 Å². The second-order valence-electron chi connectivity index (χ2n) is 17.4. The van der Waals surface area contributed by atoms with Crippen molar-refractivity contribution in [3.8, 4) is 0 Å². The second kappa shape index (κ2) is 17.5. The summed E-state index contributed by atoms with van der Waals surface area (Å²) < 4.78 is 19.2. The quantitative estimate of drug-likeness (QED) is 0.210. The van der Waals surface area contributed by atoms with Crippen molar-refractivity contribution in [1.29, 1.82) is 0 Å². The van der Waals surface area contributed by atoms with Crippen LogP contribution in [-0.4, -0.2) is 60.7 Å². The highest BCUT2D eigenvalue weighted by Gasteiger charge is 2.68. The Bertz CT molecular complexity index is 1200. The summed E-state index contributed by atoms with van der Waals surface area (Å²) in [5, 5.41) is 13.6. The molecule has 1 saturated heterocycles. The van der Waals surface area contributed by atoms with Gasteiger partial charge in [-0.1, -0.05) is 73.1 Å². The van der Waals surface area contributed by atoms with Crippen molar-refractivity contribution < 1.29 is 19.0 Å². The van der Waals surface area contributed by atoms with Crippen molar-refractivity contribution in [2.45, 2.75) is 157 Å². The number of halogens is 1. The molecule has 2 N–H and O–H groups in total. The number of nitrogens with zero attached hydrogens (tertiary/aromatic N) is 1. The molecule has 0 radical (unpaired) electrons. The number of carbonyl (C=O) groups is 1. The lowest BCUT2D eigenvalue weighted by atomic mass is 9.34. The first-order valence-corrected chi connectivity index (χ1v) is 20.8. The van der Waals surface area contributed by atoms with E-state index < -0.39 is 5.97 Å². The predicted octanol–water partition coefficient (Wildman–Crippen LogP) is 10.8. The van der Waals surface area contributed by atoms with Crippen LogP contribution in [0, 0.1) is 45.8 Å². The molecular weight excluding hydrogens is 623 g/mol. The lowest BCUT2D eigenvalue weighted by molar-refractivity contribution is -0.212. The fourth-order valence-corrected chi connectivity index (χ4v) is 12.8. The Morgan fingerprint density at radius 2 is 1.80 bits per heavy atom. The normalized spacial score (nSPS) is 40.8. The summed E-state index contributed by atoms with van der Waals surface area (Å²) in [6, 6.07) is 0. The monoisotopic (exact) mass is 699 g/mol. The molecule has 0 aromatic carbocycles. The standard InChI is InChI=1S/C39H63FN2O3.C3H6.C2H6/c1-6-29-25-42(26-45-29)24-23-41-39-17-7-10-33(39)32-12-13-34-36(3)18-15-30(28(9-8-22-40)11-14-35(43)44)27(2)31(36)16-19-38(34,5)37(32,4)20-21-39;1-3-2;1-2/h9,15,27,29,31-34,41H,6-8,10-14,16-26H2,1-5H3,(H,43,44);3H,1H2,2H3;1-2H3/b28-9+;;/t27?,29?,31?,32?,33-,34?,36?,37-,38?,39?;;/m1../s1. The van der Waals surface area contributed by atoms with Gasteiger partial charge in [0.05, 0.1) is 19.5 Å². The lowest BCUT2D eigenvalue weighted by Crippen LogP contribution is -2.67. The molecule has 10 atom stereocenters. The maximum absolute atomic E-state index is 13.2. The molecule has 5 fully saturated rings. The summed E-state index contributed by atoms with van der Waals surface area (Å²) in [5.74, 6) is 2.55. The van der Waals surface area contributed by atoms with Crippen molar-refractivity contribution in [3.63, 3.8) is 0 Å². The number of allylic oxidation sites excluding steroid dienone is 5. The zero-order valence-corrected chi connectivity index (χ0v) is 33.4. The molecular formula is C44H75FN2O3. The van der Waals surface area contributed by atoms with Gasteiger partial charge in [-0.2, -0.15) is 0 Å². The third kappa shape index (κ3) is 7.74. The Hall–Kier alpha value is -1.50. The molecule has 0 aromatic heterocycles. The molecule has 0 aromatic rings. The number of nitrogens with one attached hydrogen (secondary N) is 1. The van der Waals surface area contributed by atoms with Gasteiger partial charge in [0, 0.05) is 31.6 Å². The molecule has 5 nitrogen and oxygen atoms in total. The van der Waals surface area contributed by atoms with E-state index in [9.17, 15) is 14.3 Å². The summed E-state index contributed by atoms with van der Waals surface area (Å²) >= 11 is 0. The number of ether oxygens (including phenoxy) is 1. The average Bonchev–Trinajstić information content (AvgIpc) is 3.74. The summed E-state index contributed by atoms with van der Waals surface area (Å²) in [4.78, 5) is 13.9. The molecule has 286 valence electrons. The minimum atomic E-state index is -0.770. The van der Waals surface area contributed by atoms with E-state index in [1.807, 2.05) is 26.8 Å². The zero-order valence-electron chi connectivity index (χ0n) is 33.4. The van der Waals surface area contributed by atoms with Crippen molar-refractivity contribution in [2.24, 2.45) is 45.8 Å². The van der Waals surface area contributed by atoms with Crippen molar-refractivity contribution in [1.82, 2.24) is 10.2 Å². The van der Waals surface area contributed by atoms with Crippen LogP contribution in [0.15, 0.2) is 36.0 Å². The van der Waals surface area contributed by atoms with Crippen LogP contribution in [0.4, 0.5) is 4.39 Å². The van der Waals surface area contributed by atoms with Crippen LogP contribution in [0.2, 0.25) is 0 Å². The summed E-state index contributed by atoms with van der Waals surface area (Å²) in [6.07, 6.45) is 21.9. The Balaban J connectivity index is 0.00000107. The number of hydrogen-bond donors (Lipinski definition) is 2. The number of carboxylic acids is 1. The molecule has 4 saturated carbocycles. The van der Waals surface area contributed by atoms with E-state index in [2.05, 4.69) is 57.5 Å². The lowest BCUT2D eigenvalue weighted by Gasteiger charge is -2.71. The zero-order chi connectivity index (χ0) is 36.7. The van der Waals surface area contributed by atoms with E-state index in [0.717, 1.165) is 56.6 Å². The fraction of sp³-hybridized carbons (Fsp3) is 0.841. The van der Waals surface area contributed by atoms with Crippen molar-refractivity contribution in [3.05, 3.63) is 36.0 Å². The molecule has 50 heavy (non-hydrogen) atoms.